The zero-order valence-electron chi connectivity index (χ0n) is 13.9. The first-order valence-corrected chi connectivity index (χ1v) is 8.59. The third kappa shape index (κ3) is 3.07. The van der Waals surface area contributed by atoms with Crippen molar-refractivity contribution in [3.05, 3.63) is 57.9 Å². The molecule has 1 aromatic carbocycles. The van der Waals surface area contributed by atoms with Crippen LogP contribution in [0.25, 0.3) is 5.69 Å². The van der Waals surface area contributed by atoms with Crippen molar-refractivity contribution < 1.29 is 4.79 Å². The number of hydrogen-bond acceptors (Lipinski definition) is 5. The Balaban J connectivity index is 1.79. The van der Waals surface area contributed by atoms with Gasteiger partial charge in [-0.2, -0.15) is 5.10 Å². The molecule has 0 bridgehead atoms. The standard InChI is InChI=1S/C17H19N5OS/c1-4-15-16(24-21-19-15)17(23)18-10-14-11(2)20-22(12(14)3)13-8-6-5-7-9-13/h5-9H,4,10H2,1-3H3,(H,18,23). The van der Waals surface area contributed by atoms with Gasteiger partial charge in [-0.25, -0.2) is 4.68 Å². The summed E-state index contributed by atoms with van der Waals surface area (Å²) in [7, 11) is 0. The predicted molar refractivity (Wildman–Crippen MR) is 93.5 cm³/mol. The Morgan fingerprint density at radius 3 is 2.71 bits per heavy atom. The maximum Gasteiger partial charge on any atom is 0.265 e. The largest absolute Gasteiger partial charge is 0.347 e. The molecular formula is C17H19N5OS. The fourth-order valence-electron chi connectivity index (χ4n) is 2.61. The number of rotatable bonds is 5. The molecule has 6 nitrogen and oxygen atoms in total. The number of nitrogens with one attached hydrogen (secondary N) is 1. The summed E-state index contributed by atoms with van der Waals surface area (Å²) < 4.78 is 5.77. The molecule has 1 amide bonds. The molecule has 0 unspecified atom stereocenters. The van der Waals surface area contributed by atoms with Crippen molar-refractivity contribution in [1.82, 2.24) is 24.7 Å². The van der Waals surface area contributed by atoms with Gasteiger partial charge in [-0.15, -0.1) is 5.10 Å². The molecule has 0 saturated carbocycles. The SMILES string of the molecule is CCc1nnsc1C(=O)NCc1c(C)nn(-c2ccccc2)c1C. The van der Waals surface area contributed by atoms with Crippen LogP contribution in [-0.2, 0) is 13.0 Å². The van der Waals surface area contributed by atoms with Crippen molar-refractivity contribution in [3.63, 3.8) is 0 Å². The minimum Gasteiger partial charge on any atom is -0.347 e. The highest BCUT2D eigenvalue weighted by atomic mass is 32.1. The van der Waals surface area contributed by atoms with Crippen LogP contribution in [0.4, 0.5) is 0 Å². The molecule has 3 rings (SSSR count). The lowest BCUT2D eigenvalue weighted by molar-refractivity contribution is 0.0954. The van der Waals surface area contributed by atoms with Gasteiger partial charge in [0.25, 0.3) is 5.91 Å². The molecule has 0 radical (unpaired) electrons. The van der Waals surface area contributed by atoms with E-state index in [2.05, 4.69) is 20.0 Å². The molecule has 2 aromatic heterocycles. The van der Waals surface area contributed by atoms with Gasteiger partial charge in [0.2, 0.25) is 0 Å². The topological polar surface area (TPSA) is 72.7 Å². The van der Waals surface area contributed by atoms with E-state index in [1.165, 1.54) is 0 Å². The summed E-state index contributed by atoms with van der Waals surface area (Å²) in [6.45, 7) is 6.37. The van der Waals surface area contributed by atoms with Crippen molar-refractivity contribution in [1.29, 1.82) is 0 Å². The molecule has 7 heteroatoms. The summed E-state index contributed by atoms with van der Waals surface area (Å²) in [5.74, 6) is -0.131. The van der Waals surface area contributed by atoms with Gasteiger partial charge in [-0.3, -0.25) is 4.79 Å². The molecule has 0 aliphatic heterocycles. The second-order valence-electron chi connectivity index (χ2n) is 5.48. The van der Waals surface area contributed by atoms with Crippen LogP contribution >= 0.6 is 11.5 Å². The van der Waals surface area contributed by atoms with Gasteiger partial charge in [0.15, 0.2) is 0 Å². The minimum absolute atomic E-state index is 0.131. The summed E-state index contributed by atoms with van der Waals surface area (Å²) >= 11 is 1.13. The van der Waals surface area contributed by atoms with E-state index in [0.717, 1.165) is 39.9 Å². The number of carbonyl (C=O) groups is 1. The molecule has 0 atom stereocenters. The summed E-state index contributed by atoms with van der Waals surface area (Å²) in [5.41, 5.74) is 4.72. The van der Waals surface area contributed by atoms with Gasteiger partial charge < -0.3 is 5.32 Å². The maximum absolute atomic E-state index is 12.4. The summed E-state index contributed by atoms with van der Waals surface area (Å²) in [4.78, 5) is 12.9. The highest BCUT2D eigenvalue weighted by Gasteiger charge is 2.17. The number of nitrogens with zero attached hydrogens (tertiary/aromatic N) is 4. The second-order valence-corrected chi connectivity index (χ2v) is 6.24. The Bertz CT molecular complexity index is 853. The van der Waals surface area contributed by atoms with Gasteiger partial charge in [-0.1, -0.05) is 29.6 Å². The highest BCUT2D eigenvalue weighted by molar-refractivity contribution is 7.08. The lowest BCUT2D eigenvalue weighted by Crippen LogP contribution is -2.23. The molecule has 2 heterocycles. The zero-order valence-corrected chi connectivity index (χ0v) is 14.7. The quantitative estimate of drug-likeness (QED) is 0.774. The number of amides is 1. The van der Waals surface area contributed by atoms with Crippen LogP contribution < -0.4 is 5.32 Å². The Kier molecular flexibility index (Phi) is 4.71. The second kappa shape index (κ2) is 6.92. The summed E-state index contributed by atoms with van der Waals surface area (Å²) in [6, 6.07) is 9.97. The first-order chi connectivity index (χ1) is 11.6. The lowest BCUT2D eigenvalue weighted by atomic mass is 10.2. The Morgan fingerprint density at radius 1 is 1.25 bits per heavy atom. The molecule has 0 aliphatic carbocycles. The summed E-state index contributed by atoms with van der Waals surface area (Å²) in [5, 5.41) is 11.5. The average molecular weight is 341 g/mol. The number of hydrogen-bond donors (Lipinski definition) is 1. The molecule has 0 fully saturated rings. The van der Waals surface area contributed by atoms with Gasteiger partial charge in [-0.05, 0) is 43.9 Å². The van der Waals surface area contributed by atoms with E-state index in [1.807, 2.05) is 55.8 Å². The first-order valence-electron chi connectivity index (χ1n) is 7.81. The molecule has 24 heavy (non-hydrogen) atoms. The normalized spacial score (nSPS) is 10.8. The molecule has 0 saturated heterocycles. The van der Waals surface area contributed by atoms with E-state index >= 15 is 0 Å². The van der Waals surface area contributed by atoms with Crippen molar-refractivity contribution in [2.45, 2.75) is 33.7 Å². The maximum atomic E-state index is 12.4. The van der Waals surface area contributed by atoms with E-state index in [1.54, 1.807) is 0 Å². The molecule has 1 N–H and O–H groups in total. The Morgan fingerprint density at radius 2 is 2.00 bits per heavy atom. The number of benzene rings is 1. The average Bonchev–Trinajstić information content (AvgIpc) is 3.18. The van der Waals surface area contributed by atoms with Gasteiger partial charge in [0.1, 0.15) is 4.88 Å². The lowest BCUT2D eigenvalue weighted by Gasteiger charge is -2.06. The fourth-order valence-corrected chi connectivity index (χ4v) is 3.28. The van der Waals surface area contributed by atoms with Crippen molar-refractivity contribution >= 4 is 17.4 Å². The fraction of sp³-hybridized carbons (Fsp3) is 0.294. The number of aromatic nitrogens is 4. The van der Waals surface area contributed by atoms with E-state index in [-0.39, 0.29) is 5.91 Å². The molecular weight excluding hydrogens is 322 g/mol. The predicted octanol–water partition coefficient (Wildman–Crippen LogP) is 2.83. The highest BCUT2D eigenvalue weighted by Crippen LogP contribution is 2.18. The van der Waals surface area contributed by atoms with Crippen molar-refractivity contribution in [2.24, 2.45) is 0 Å². The molecule has 124 valence electrons. The van der Waals surface area contributed by atoms with Crippen molar-refractivity contribution in [2.75, 3.05) is 0 Å². The number of aryl methyl sites for hydroxylation is 2. The van der Waals surface area contributed by atoms with Crippen LogP contribution in [0.5, 0.6) is 0 Å². The third-order valence-corrected chi connectivity index (χ3v) is 4.73. The van der Waals surface area contributed by atoms with Gasteiger partial charge in [0, 0.05) is 17.8 Å². The monoisotopic (exact) mass is 341 g/mol. The van der Waals surface area contributed by atoms with E-state index < -0.39 is 0 Å². The smallest absolute Gasteiger partial charge is 0.265 e. The number of para-hydroxylation sites is 1. The van der Waals surface area contributed by atoms with Crippen molar-refractivity contribution in [3.8, 4) is 5.69 Å². The first kappa shape index (κ1) is 16.3. The van der Waals surface area contributed by atoms with E-state index in [9.17, 15) is 4.79 Å². The summed E-state index contributed by atoms with van der Waals surface area (Å²) in [6.07, 6.45) is 0.698. The zero-order chi connectivity index (χ0) is 17.1. The molecule has 3 aromatic rings. The van der Waals surface area contributed by atoms with E-state index in [0.29, 0.717) is 17.8 Å². The minimum atomic E-state index is -0.131. The molecule has 0 aliphatic rings. The van der Waals surface area contributed by atoms with Crippen LogP contribution in [0.2, 0.25) is 0 Å². The van der Waals surface area contributed by atoms with Crippen LogP contribution in [0.15, 0.2) is 30.3 Å². The van der Waals surface area contributed by atoms with Gasteiger partial charge in [0.05, 0.1) is 17.1 Å². The third-order valence-electron chi connectivity index (χ3n) is 3.96. The van der Waals surface area contributed by atoms with E-state index in [4.69, 9.17) is 0 Å². The van der Waals surface area contributed by atoms with Gasteiger partial charge >= 0.3 is 0 Å². The van der Waals surface area contributed by atoms with Crippen LogP contribution in [0.3, 0.4) is 0 Å². The van der Waals surface area contributed by atoms with Crippen LogP contribution in [0, 0.1) is 13.8 Å². The molecule has 0 spiro atoms. The van der Waals surface area contributed by atoms with Crippen LogP contribution in [-0.4, -0.2) is 25.3 Å². The Labute approximate surface area is 144 Å². The Hall–Kier alpha value is -2.54. The number of carbonyl (C=O) groups excluding carboxylic acids is 1. The van der Waals surface area contributed by atoms with Crippen LogP contribution in [0.1, 0.15) is 39.2 Å².